The van der Waals surface area contributed by atoms with Gasteiger partial charge in [-0.3, -0.25) is 9.59 Å². The summed E-state index contributed by atoms with van der Waals surface area (Å²) < 4.78 is 0. The highest BCUT2D eigenvalue weighted by Crippen LogP contribution is 2.14. The third-order valence-electron chi connectivity index (χ3n) is 3.99. The van der Waals surface area contributed by atoms with Crippen molar-refractivity contribution in [2.24, 2.45) is 17.6 Å². The average molecular weight is 283 g/mol. The number of likely N-dealkylation sites (tertiary alicyclic amines) is 1. The van der Waals surface area contributed by atoms with Crippen LogP contribution in [-0.2, 0) is 9.59 Å². The minimum Gasteiger partial charge on any atom is -0.353 e. The first kappa shape index (κ1) is 17.0. The van der Waals surface area contributed by atoms with Crippen molar-refractivity contribution in [1.82, 2.24) is 10.2 Å². The molecule has 0 radical (unpaired) electrons. The molecule has 5 nitrogen and oxygen atoms in total. The summed E-state index contributed by atoms with van der Waals surface area (Å²) in [6, 6.07) is 0.133. The molecule has 0 bridgehead atoms. The fourth-order valence-corrected chi connectivity index (χ4v) is 2.21. The van der Waals surface area contributed by atoms with E-state index in [0.717, 1.165) is 12.8 Å². The standard InChI is InChI=1S/C15H29N3O2/c1-10(2)13(16)9-14(19)18-7-5-12(6-8-18)17-15(20)11(3)4/h10-13H,5-9,16H2,1-4H3,(H,17,20). The monoisotopic (exact) mass is 283 g/mol. The number of piperidine rings is 1. The van der Waals surface area contributed by atoms with Gasteiger partial charge in [-0.15, -0.1) is 0 Å². The van der Waals surface area contributed by atoms with Crippen LogP contribution < -0.4 is 11.1 Å². The van der Waals surface area contributed by atoms with Gasteiger partial charge in [-0.2, -0.15) is 0 Å². The first-order chi connectivity index (χ1) is 9.31. The van der Waals surface area contributed by atoms with Gasteiger partial charge in [-0.05, 0) is 18.8 Å². The van der Waals surface area contributed by atoms with Crippen LogP contribution in [0.2, 0.25) is 0 Å². The van der Waals surface area contributed by atoms with Gasteiger partial charge in [0.2, 0.25) is 11.8 Å². The Kier molecular flexibility index (Phi) is 6.46. The van der Waals surface area contributed by atoms with Gasteiger partial charge in [0.1, 0.15) is 0 Å². The highest BCUT2D eigenvalue weighted by atomic mass is 16.2. The van der Waals surface area contributed by atoms with E-state index in [1.165, 1.54) is 0 Å². The number of hydrogen-bond acceptors (Lipinski definition) is 3. The number of carbonyl (C=O) groups is 2. The second-order valence-corrected chi connectivity index (χ2v) is 6.43. The van der Waals surface area contributed by atoms with Crippen molar-refractivity contribution in [1.29, 1.82) is 0 Å². The number of rotatable bonds is 5. The average Bonchev–Trinajstić information content (AvgIpc) is 2.39. The smallest absolute Gasteiger partial charge is 0.224 e. The van der Waals surface area contributed by atoms with Gasteiger partial charge >= 0.3 is 0 Å². The third kappa shape index (κ3) is 5.12. The molecule has 0 aromatic rings. The van der Waals surface area contributed by atoms with Crippen LogP contribution >= 0.6 is 0 Å². The lowest BCUT2D eigenvalue weighted by Crippen LogP contribution is -2.48. The molecule has 0 aromatic carbocycles. The first-order valence-corrected chi connectivity index (χ1v) is 7.65. The number of hydrogen-bond donors (Lipinski definition) is 2. The molecular weight excluding hydrogens is 254 g/mol. The first-order valence-electron chi connectivity index (χ1n) is 7.65. The lowest BCUT2D eigenvalue weighted by Gasteiger charge is -2.33. The lowest BCUT2D eigenvalue weighted by molar-refractivity contribution is -0.133. The number of nitrogens with one attached hydrogen (secondary N) is 1. The van der Waals surface area contributed by atoms with Crippen LogP contribution in [0.5, 0.6) is 0 Å². The van der Waals surface area contributed by atoms with Crippen molar-refractivity contribution in [3.8, 4) is 0 Å². The molecule has 0 aromatic heterocycles. The van der Waals surface area contributed by atoms with Gasteiger partial charge in [-0.1, -0.05) is 27.7 Å². The van der Waals surface area contributed by atoms with E-state index in [-0.39, 0.29) is 29.8 Å². The summed E-state index contributed by atoms with van der Waals surface area (Å²) in [5, 5.41) is 3.04. The number of carbonyl (C=O) groups excluding carboxylic acids is 2. The normalized spacial score (nSPS) is 18.4. The predicted octanol–water partition coefficient (Wildman–Crippen LogP) is 1.12. The molecule has 1 saturated heterocycles. The Bertz CT molecular complexity index is 334. The molecule has 1 heterocycles. The number of amides is 2. The topological polar surface area (TPSA) is 75.4 Å². The molecule has 3 N–H and O–H groups in total. The van der Waals surface area contributed by atoms with Gasteiger partial charge in [0.15, 0.2) is 0 Å². The Morgan fingerprint density at radius 2 is 1.75 bits per heavy atom. The van der Waals surface area contributed by atoms with E-state index in [1.807, 2.05) is 32.6 Å². The highest BCUT2D eigenvalue weighted by molar-refractivity contribution is 5.78. The molecule has 1 atom stereocenters. The molecule has 0 spiro atoms. The molecular formula is C15H29N3O2. The second kappa shape index (κ2) is 7.62. The summed E-state index contributed by atoms with van der Waals surface area (Å²) in [5.74, 6) is 0.567. The Morgan fingerprint density at radius 1 is 1.20 bits per heavy atom. The van der Waals surface area contributed by atoms with E-state index >= 15 is 0 Å². The maximum Gasteiger partial charge on any atom is 0.224 e. The summed E-state index contributed by atoms with van der Waals surface area (Å²) in [4.78, 5) is 25.6. The van der Waals surface area contributed by atoms with Crippen molar-refractivity contribution in [2.75, 3.05) is 13.1 Å². The summed E-state index contributed by atoms with van der Waals surface area (Å²) in [5.41, 5.74) is 5.95. The fourth-order valence-electron chi connectivity index (χ4n) is 2.21. The predicted molar refractivity (Wildman–Crippen MR) is 80.0 cm³/mol. The minimum atomic E-state index is -0.0686. The van der Waals surface area contributed by atoms with Crippen molar-refractivity contribution < 1.29 is 9.59 Å². The number of nitrogens with zero attached hydrogens (tertiary/aromatic N) is 1. The Hall–Kier alpha value is -1.10. The van der Waals surface area contributed by atoms with E-state index in [9.17, 15) is 9.59 Å². The molecule has 0 saturated carbocycles. The maximum atomic E-state index is 12.1. The zero-order valence-corrected chi connectivity index (χ0v) is 13.2. The van der Waals surface area contributed by atoms with Crippen molar-refractivity contribution in [3.05, 3.63) is 0 Å². The van der Waals surface area contributed by atoms with Crippen LogP contribution in [0.25, 0.3) is 0 Å². The molecule has 1 aliphatic rings. The Balaban J connectivity index is 2.35. The largest absolute Gasteiger partial charge is 0.353 e. The van der Waals surface area contributed by atoms with Crippen molar-refractivity contribution in [3.63, 3.8) is 0 Å². The molecule has 5 heteroatoms. The molecule has 2 amide bonds. The lowest BCUT2D eigenvalue weighted by atomic mass is 9.99. The molecule has 1 fully saturated rings. The molecule has 1 aliphatic heterocycles. The van der Waals surface area contributed by atoms with E-state index in [0.29, 0.717) is 25.4 Å². The quantitative estimate of drug-likeness (QED) is 0.794. The van der Waals surface area contributed by atoms with Crippen LogP contribution in [0.3, 0.4) is 0 Å². The van der Waals surface area contributed by atoms with E-state index < -0.39 is 0 Å². The molecule has 0 aliphatic carbocycles. The Morgan fingerprint density at radius 3 is 2.20 bits per heavy atom. The minimum absolute atomic E-state index is 0.0127. The maximum absolute atomic E-state index is 12.1. The van der Waals surface area contributed by atoms with Gasteiger partial charge in [0.25, 0.3) is 0 Å². The highest BCUT2D eigenvalue weighted by Gasteiger charge is 2.25. The van der Waals surface area contributed by atoms with Gasteiger partial charge < -0.3 is 16.0 Å². The SMILES string of the molecule is CC(C)C(=O)NC1CCN(C(=O)CC(N)C(C)C)CC1. The third-order valence-corrected chi connectivity index (χ3v) is 3.99. The van der Waals surface area contributed by atoms with E-state index in [4.69, 9.17) is 5.73 Å². The Labute approximate surface area is 122 Å². The van der Waals surface area contributed by atoms with Gasteiger partial charge in [0.05, 0.1) is 0 Å². The van der Waals surface area contributed by atoms with Crippen molar-refractivity contribution in [2.45, 2.75) is 59.0 Å². The second-order valence-electron chi connectivity index (χ2n) is 6.43. The molecule has 20 heavy (non-hydrogen) atoms. The van der Waals surface area contributed by atoms with E-state index in [2.05, 4.69) is 5.32 Å². The fraction of sp³-hybridized carbons (Fsp3) is 0.867. The van der Waals surface area contributed by atoms with Crippen LogP contribution in [0.4, 0.5) is 0 Å². The summed E-state index contributed by atoms with van der Waals surface area (Å²) in [6.07, 6.45) is 2.09. The molecule has 116 valence electrons. The zero-order valence-electron chi connectivity index (χ0n) is 13.2. The van der Waals surface area contributed by atoms with Crippen LogP contribution in [0.15, 0.2) is 0 Å². The van der Waals surface area contributed by atoms with Crippen molar-refractivity contribution >= 4 is 11.8 Å². The van der Waals surface area contributed by atoms with Crippen LogP contribution in [0, 0.1) is 11.8 Å². The zero-order chi connectivity index (χ0) is 15.3. The summed E-state index contributed by atoms with van der Waals surface area (Å²) >= 11 is 0. The molecule has 1 rings (SSSR count). The summed E-state index contributed by atoms with van der Waals surface area (Å²) in [7, 11) is 0. The van der Waals surface area contributed by atoms with Crippen LogP contribution in [0.1, 0.15) is 47.0 Å². The van der Waals surface area contributed by atoms with Gasteiger partial charge in [-0.25, -0.2) is 0 Å². The van der Waals surface area contributed by atoms with Crippen LogP contribution in [-0.4, -0.2) is 41.9 Å². The number of nitrogens with two attached hydrogens (primary N) is 1. The molecule has 1 unspecified atom stereocenters. The summed E-state index contributed by atoms with van der Waals surface area (Å²) in [6.45, 7) is 9.28. The van der Waals surface area contributed by atoms with E-state index in [1.54, 1.807) is 0 Å². The van der Waals surface area contributed by atoms with Gasteiger partial charge in [0, 0.05) is 37.5 Å².